The van der Waals surface area contributed by atoms with Crippen LogP contribution in [0.3, 0.4) is 0 Å². The summed E-state index contributed by atoms with van der Waals surface area (Å²) in [6.07, 6.45) is -1.38. The lowest BCUT2D eigenvalue weighted by Crippen LogP contribution is -2.47. The molecule has 1 heterocycles. The Balaban J connectivity index is 1.64. The number of methoxy groups -OCH3 is 1. The van der Waals surface area contributed by atoms with E-state index in [0.717, 1.165) is 28.0 Å². The Kier molecular flexibility index (Phi) is 8.79. The van der Waals surface area contributed by atoms with E-state index in [-0.39, 0.29) is 18.3 Å². The van der Waals surface area contributed by atoms with Crippen LogP contribution >= 0.6 is 0 Å². The van der Waals surface area contributed by atoms with Gasteiger partial charge in [0.05, 0.1) is 31.8 Å². The summed E-state index contributed by atoms with van der Waals surface area (Å²) in [6.45, 7) is 19.4. The number of rotatable bonds is 10. The van der Waals surface area contributed by atoms with Gasteiger partial charge in [0, 0.05) is 0 Å². The number of fused-ring (bicyclic) bond motifs is 1. The van der Waals surface area contributed by atoms with E-state index >= 15 is 0 Å². The molecule has 1 saturated carbocycles. The fraction of sp³-hybridized carbons (Fsp3) is 0.459. The van der Waals surface area contributed by atoms with Gasteiger partial charge in [-0.1, -0.05) is 100 Å². The average Bonchev–Trinajstić information content (AvgIpc) is 3.42. The Morgan fingerprint density at radius 1 is 0.841 bits per heavy atom. The minimum absolute atomic E-state index is 0.0249. The van der Waals surface area contributed by atoms with Crippen molar-refractivity contribution in [2.24, 2.45) is 5.41 Å². The van der Waals surface area contributed by atoms with E-state index in [0.29, 0.717) is 0 Å². The highest BCUT2D eigenvalue weighted by Crippen LogP contribution is 2.55. The summed E-state index contributed by atoms with van der Waals surface area (Å²) in [5.74, 6) is -0.0933. The molecule has 44 heavy (non-hydrogen) atoms. The Morgan fingerprint density at radius 3 is 1.84 bits per heavy atom. The fourth-order valence-electron chi connectivity index (χ4n) is 6.31. The third-order valence-electron chi connectivity index (χ3n) is 9.87. The van der Waals surface area contributed by atoms with Crippen LogP contribution in [0.2, 0.25) is 18.1 Å². The molecule has 1 saturated heterocycles. The highest BCUT2D eigenvalue weighted by molar-refractivity contribution is 6.74. The molecule has 1 aliphatic heterocycles. The van der Waals surface area contributed by atoms with Crippen molar-refractivity contribution in [3.63, 3.8) is 0 Å². The van der Waals surface area contributed by atoms with E-state index in [9.17, 15) is 5.11 Å². The maximum atomic E-state index is 11.3. The molecule has 2 fully saturated rings. The van der Waals surface area contributed by atoms with E-state index in [1.807, 2.05) is 74.5 Å². The molecule has 5 rings (SSSR count). The molecule has 4 atom stereocenters. The smallest absolute Gasteiger partial charge is 0.193 e. The Labute approximate surface area is 264 Å². The second kappa shape index (κ2) is 11.9. The summed E-state index contributed by atoms with van der Waals surface area (Å²) in [4.78, 5) is 0. The van der Waals surface area contributed by atoms with Crippen LogP contribution < -0.4 is 4.74 Å². The third-order valence-corrected chi connectivity index (χ3v) is 14.3. The quantitative estimate of drug-likeness (QED) is 0.145. The summed E-state index contributed by atoms with van der Waals surface area (Å²) in [6, 6.07) is 28.4. The Morgan fingerprint density at radius 2 is 1.36 bits per heavy atom. The van der Waals surface area contributed by atoms with Gasteiger partial charge < -0.3 is 28.5 Å². The van der Waals surface area contributed by atoms with Crippen molar-refractivity contribution < 1.29 is 28.5 Å². The molecule has 236 valence electrons. The molecule has 3 aromatic carbocycles. The first-order valence-corrected chi connectivity index (χ1v) is 18.3. The molecule has 1 aliphatic carbocycles. The first-order valence-electron chi connectivity index (χ1n) is 15.4. The molecule has 3 aromatic rings. The molecule has 0 aromatic heterocycles. The molecular formula is C37H48O6Si. The molecule has 2 aliphatic rings. The van der Waals surface area contributed by atoms with Crippen molar-refractivity contribution in [1.29, 1.82) is 0 Å². The summed E-state index contributed by atoms with van der Waals surface area (Å²) >= 11 is 0. The van der Waals surface area contributed by atoms with Crippen molar-refractivity contribution >= 4 is 8.32 Å². The maximum absolute atomic E-state index is 11.3. The molecule has 7 heteroatoms. The fourth-order valence-corrected chi connectivity index (χ4v) is 7.57. The van der Waals surface area contributed by atoms with Crippen molar-refractivity contribution in [1.82, 2.24) is 0 Å². The van der Waals surface area contributed by atoms with Gasteiger partial charge in [0.2, 0.25) is 0 Å². The normalized spacial score (nSPS) is 25.2. The lowest BCUT2D eigenvalue weighted by molar-refractivity contribution is -0.176. The number of aliphatic hydroxyl groups excluding tert-OH is 1. The van der Waals surface area contributed by atoms with Crippen LogP contribution in [0.4, 0.5) is 0 Å². The maximum Gasteiger partial charge on any atom is 0.193 e. The van der Waals surface area contributed by atoms with Crippen LogP contribution in [0.25, 0.3) is 0 Å². The highest BCUT2D eigenvalue weighted by atomic mass is 28.4. The molecule has 1 N–H and O–H groups in total. The van der Waals surface area contributed by atoms with Crippen molar-refractivity contribution in [2.45, 2.75) is 82.5 Å². The second-order valence-electron chi connectivity index (χ2n) is 14.1. The van der Waals surface area contributed by atoms with Crippen LogP contribution in [0.5, 0.6) is 5.75 Å². The SMILES string of the molecule is C=C1[C@H](O[Si](C)(C)C(C)(C)C)[C@@H]2OC(C)(C)O[C@@H]2[C@@]1(CO)COC(c1ccccc1)(c1ccccc1)c1ccc(OC)cc1. The zero-order valence-electron chi connectivity index (χ0n) is 27.4. The van der Waals surface area contributed by atoms with Gasteiger partial charge in [0.25, 0.3) is 0 Å². The number of benzene rings is 3. The zero-order chi connectivity index (χ0) is 32.0. The Hall–Kier alpha value is -2.78. The largest absolute Gasteiger partial charge is 0.497 e. The highest BCUT2D eigenvalue weighted by Gasteiger charge is 2.65. The van der Waals surface area contributed by atoms with Gasteiger partial charge in [0.1, 0.15) is 23.6 Å². The van der Waals surface area contributed by atoms with Crippen LogP contribution in [0.15, 0.2) is 97.1 Å². The van der Waals surface area contributed by atoms with Gasteiger partial charge in [0.15, 0.2) is 14.1 Å². The number of aliphatic hydroxyl groups is 1. The summed E-state index contributed by atoms with van der Waals surface area (Å²) in [5.41, 5.74) is 1.61. The van der Waals surface area contributed by atoms with Crippen molar-refractivity contribution in [2.75, 3.05) is 20.3 Å². The van der Waals surface area contributed by atoms with E-state index in [1.54, 1.807) is 7.11 Å². The zero-order valence-corrected chi connectivity index (χ0v) is 28.4. The van der Waals surface area contributed by atoms with Gasteiger partial charge in [-0.2, -0.15) is 0 Å². The minimum atomic E-state index is -2.25. The second-order valence-corrected chi connectivity index (χ2v) is 18.8. The number of hydrogen-bond donors (Lipinski definition) is 1. The molecule has 0 bridgehead atoms. The predicted molar refractivity (Wildman–Crippen MR) is 176 cm³/mol. The number of hydrogen-bond acceptors (Lipinski definition) is 6. The lowest BCUT2D eigenvalue weighted by atomic mass is 9.78. The molecule has 0 amide bonds. The van der Waals surface area contributed by atoms with Crippen LogP contribution in [0.1, 0.15) is 51.3 Å². The van der Waals surface area contributed by atoms with Crippen LogP contribution in [-0.4, -0.2) is 57.8 Å². The molecule has 6 nitrogen and oxygen atoms in total. The van der Waals surface area contributed by atoms with Crippen LogP contribution in [0, 0.1) is 5.41 Å². The van der Waals surface area contributed by atoms with Gasteiger partial charge in [-0.3, -0.25) is 0 Å². The van der Waals surface area contributed by atoms with Gasteiger partial charge in [-0.15, -0.1) is 0 Å². The molecule has 0 spiro atoms. The third kappa shape index (κ3) is 5.59. The molecule has 0 unspecified atom stereocenters. The van der Waals surface area contributed by atoms with E-state index < -0.39 is 43.4 Å². The van der Waals surface area contributed by atoms with E-state index in [2.05, 4.69) is 64.7 Å². The minimum Gasteiger partial charge on any atom is -0.497 e. The van der Waals surface area contributed by atoms with E-state index in [4.69, 9.17) is 23.4 Å². The average molecular weight is 617 g/mol. The summed E-state index contributed by atoms with van der Waals surface area (Å²) < 4.78 is 32.9. The van der Waals surface area contributed by atoms with Gasteiger partial charge >= 0.3 is 0 Å². The Bertz CT molecular complexity index is 1390. The molecule has 0 radical (unpaired) electrons. The molecular weight excluding hydrogens is 568 g/mol. The lowest BCUT2D eigenvalue weighted by Gasteiger charge is -2.42. The monoisotopic (exact) mass is 616 g/mol. The van der Waals surface area contributed by atoms with Crippen LogP contribution in [-0.2, 0) is 24.2 Å². The predicted octanol–water partition coefficient (Wildman–Crippen LogP) is 7.46. The summed E-state index contributed by atoms with van der Waals surface area (Å²) in [7, 11) is -0.590. The standard InChI is InChI=1S/C37H48O6Si/c1-26-31(43-44(8,9)34(2,3)4)32-33(42-35(5,6)41-32)36(26,24-38)25-40-37(27-16-12-10-13-17-27,28-18-14-11-15-19-28)29-20-22-30(39-7)23-21-29/h10-23,31-33,38H,1,24-25H2,2-9H3/t31-,32-,33-,36-/m0/s1. The van der Waals surface area contributed by atoms with Crippen molar-refractivity contribution in [3.05, 3.63) is 114 Å². The van der Waals surface area contributed by atoms with Gasteiger partial charge in [-0.25, -0.2) is 0 Å². The first-order chi connectivity index (χ1) is 20.7. The summed E-state index contributed by atoms with van der Waals surface area (Å²) in [5, 5.41) is 11.3. The van der Waals surface area contributed by atoms with E-state index in [1.165, 1.54) is 0 Å². The topological polar surface area (TPSA) is 66.4 Å². The number of ether oxygens (including phenoxy) is 4. The van der Waals surface area contributed by atoms with Crippen molar-refractivity contribution in [3.8, 4) is 5.75 Å². The first kappa shape index (κ1) is 32.6. The van der Waals surface area contributed by atoms with Gasteiger partial charge in [-0.05, 0) is 66.4 Å².